The van der Waals surface area contributed by atoms with E-state index in [2.05, 4.69) is 36.8 Å². The average Bonchev–Trinajstić information content (AvgIpc) is 2.32. The maximum atomic E-state index is 10.1. The molecule has 0 spiro atoms. The summed E-state index contributed by atoms with van der Waals surface area (Å²) < 4.78 is 1.92. The number of nitrogens with zero attached hydrogens (tertiary/aromatic N) is 1. The van der Waals surface area contributed by atoms with Crippen LogP contribution in [0.3, 0.4) is 0 Å². The van der Waals surface area contributed by atoms with Gasteiger partial charge in [-0.15, -0.1) is 0 Å². The molecule has 88 valence electrons. The van der Waals surface area contributed by atoms with E-state index in [1.807, 2.05) is 30.3 Å². The third-order valence-electron chi connectivity index (χ3n) is 2.45. The van der Waals surface area contributed by atoms with E-state index in [1.165, 1.54) is 0 Å². The van der Waals surface area contributed by atoms with Crippen LogP contribution in [-0.2, 0) is 6.42 Å². The van der Waals surface area contributed by atoms with Crippen LogP contribution in [0.5, 0.6) is 0 Å². The van der Waals surface area contributed by atoms with Gasteiger partial charge in [0.1, 0.15) is 0 Å². The molecular weight excluding hydrogens is 346 g/mol. The molecule has 1 aromatic carbocycles. The summed E-state index contributed by atoms with van der Waals surface area (Å²) in [5.41, 5.74) is 1.92. The Morgan fingerprint density at radius 2 is 1.76 bits per heavy atom. The standard InChI is InChI=1S/C13H11Br2NO/c14-11-3-1-9(2-4-11)5-13(17)10-6-12(15)8-16-7-10/h1-4,6-8,13,17H,5H2. The van der Waals surface area contributed by atoms with Crippen molar-refractivity contribution in [1.29, 1.82) is 0 Å². The summed E-state index contributed by atoms with van der Waals surface area (Å²) >= 11 is 6.73. The molecule has 0 aliphatic rings. The van der Waals surface area contributed by atoms with Crippen molar-refractivity contribution in [1.82, 2.24) is 4.98 Å². The molecule has 0 radical (unpaired) electrons. The Labute approximate surface area is 117 Å². The number of pyridine rings is 1. The van der Waals surface area contributed by atoms with Crippen LogP contribution in [0.2, 0.25) is 0 Å². The van der Waals surface area contributed by atoms with Crippen LogP contribution in [0.4, 0.5) is 0 Å². The van der Waals surface area contributed by atoms with Crippen LogP contribution in [0, 0.1) is 0 Å². The van der Waals surface area contributed by atoms with Crippen LogP contribution in [0.25, 0.3) is 0 Å². The molecule has 1 aromatic heterocycles. The molecule has 0 saturated heterocycles. The first-order valence-corrected chi connectivity index (χ1v) is 6.77. The minimum atomic E-state index is -0.527. The third-order valence-corrected chi connectivity index (χ3v) is 3.42. The molecular formula is C13H11Br2NO. The summed E-state index contributed by atoms with van der Waals surface area (Å²) in [6.45, 7) is 0. The number of aliphatic hydroxyl groups is 1. The first-order chi connectivity index (χ1) is 8.15. The molecule has 1 atom stereocenters. The number of halogens is 2. The van der Waals surface area contributed by atoms with E-state index in [0.29, 0.717) is 6.42 Å². The van der Waals surface area contributed by atoms with Gasteiger partial charge in [-0.25, -0.2) is 0 Å². The highest BCUT2D eigenvalue weighted by molar-refractivity contribution is 9.10. The monoisotopic (exact) mass is 355 g/mol. The second kappa shape index (κ2) is 5.76. The van der Waals surface area contributed by atoms with Gasteiger partial charge < -0.3 is 5.11 Å². The van der Waals surface area contributed by atoms with E-state index in [4.69, 9.17) is 0 Å². The van der Waals surface area contributed by atoms with Crippen molar-refractivity contribution >= 4 is 31.9 Å². The summed E-state index contributed by atoms with van der Waals surface area (Å²) in [7, 11) is 0. The highest BCUT2D eigenvalue weighted by Gasteiger charge is 2.09. The number of hydrogen-bond donors (Lipinski definition) is 1. The maximum Gasteiger partial charge on any atom is 0.0845 e. The second-order valence-electron chi connectivity index (χ2n) is 3.78. The number of rotatable bonds is 3. The van der Waals surface area contributed by atoms with Gasteiger partial charge in [-0.05, 0) is 39.7 Å². The van der Waals surface area contributed by atoms with Crippen molar-refractivity contribution in [3.8, 4) is 0 Å². The Morgan fingerprint density at radius 3 is 2.41 bits per heavy atom. The lowest BCUT2D eigenvalue weighted by Crippen LogP contribution is -2.02. The summed E-state index contributed by atoms with van der Waals surface area (Å²) in [5.74, 6) is 0. The molecule has 0 amide bonds. The van der Waals surface area contributed by atoms with Gasteiger partial charge in [-0.3, -0.25) is 4.98 Å². The van der Waals surface area contributed by atoms with E-state index in [-0.39, 0.29) is 0 Å². The molecule has 2 nitrogen and oxygen atoms in total. The van der Waals surface area contributed by atoms with Gasteiger partial charge in [-0.2, -0.15) is 0 Å². The van der Waals surface area contributed by atoms with Gasteiger partial charge in [0.25, 0.3) is 0 Å². The minimum Gasteiger partial charge on any atom is -0.388 e. The van der Waals surface area contributed by atoms with Crippen LogP contribution < -0.4 is 0 Å². The Morgan fingerprint density at radius 1 is 1.06 bits per heavy atom. The van der Waals surface area contributed by atoms with Gasteiger partial charge in [0.05, 0.1) is 6.10 Å². The summed E-state index contributed by atoms with van der Waals surface area (Å²) in [4.78, 5) is 4.05. The fourth-order valence-corrected chi connectivity index (χ4v) is 2.22. The summed E-state index contributed by atoms with van der Waals surface area (Å²) in [6, 6.07) is 9.83. The van der Waals surface area contributed by atoms with Gasteiger partial charge in [0.15, 0.2) is 0 Å². The van der Waals surface area contributed by atoms with E-state index >= 15 is 0 Å². The quantitative estimate of drug-likeness (QED) is 0.905. The van der Waals surface area contributed by atoms with Crippen molar-refractivity contribution < 1.29 is 5.11 Å². The lowest BCUT2D eigenvalue weighted by atomic mass is 10.0. The van der Waals surface area contributed by atoms with E-state index < -0.39 is 6.10 Å². The Balaban J connectivity index is 2.11. The van der Waals surface area contributed by atoms with Crippen LogP contribution in [0.15, 0.2) is 51.7 Å². The molecule has 0 saturated carbocycles. The number of benzene rings is 1. The second-order valence-corrected chi connectivity index (χ2v) is 5.61. The lowest BCUT2D eigenvalue weighted by Gasteiger charge is -2.11. The zero-order valence-electron chi connectivity index (χ0n) is 8.98. The molecule has 1 N–H and O–H groups in total. The van der Waals surface area contributed by atoms with Gasteiger partial charge in [-0.1, -0.05) is 28.1 Å². The number of hydrogen-bond acceptors (Lipinski definition) is 2. The fourth-order valence-electron chi connectivity index (χ4n) is 1.57. The van der Waals surface area contributed by atoms with Crippen molar-refractivity contribution in [3.05, 3.63) is 62.8 Å². The Hall–Kier alpha value is -0.710. The van der Waals surface area contributed by atoms with Crippen molar-refractivity contribution in [3.63, 3.8) is 0 Å². The predicted octanol–water partition coefficient (Wildman–Crippen LogP) is 3.88. The topological polar surface area (TPSA) is 33.1 Å². The highest BCUT2D eigenvalue weighted by Crippen LogP contribution is 2.21. The van der Waals surface area contributed by atoms with Crippen LogP contribution >= 0.6 is 31.9 Å². The van der Waals surface area contributed by atoms with Crippen LogP contribution in [-0.4, -0.2) is 10.1 Å². The molecule has 0 fully saturated rings. The molecule has 0 aliphatic heterocycles. The first kappa shape index (κ1) is 12.7. The smallest absolute Gasteiger partial charge is 0.0845 e. The van der Waals surface area contributed by atoms with Crippen LogP contribution in [0.1, 0.15) is 17.2 Å². The number of aromatic nitrogens is 1. The lowest BCUT2D eigenvalue weighted by molar-refractivity contribution is 0.178. The molecule has 2 aromatic rings. The SMILES string of the molecule is OC(Cc1ccc(Br)cc1)c1cncc(Br)c1. The zero-order valence-corrected chi connectivity index (χ0v) is 12.1. The number of aliphatic hydroxyl groups excluding tert-OH is 1. The molecule has 1 unspecified atom stereocenters. The maximum absolute atomic E-state index is 10.1. The molecule has 0 bridgehead atoms. The Kier molecular flexibility index (Phi) is 4.31. The third kappa shape index (κ3) is 3.63. The van der Waals surface area contributed by atoms with E-state index in [9.17, 15) is 5.11 Å². The highest BCUT2D eigenvalue weighted by atomic mass is 79.9. The zero-order chi connectivity index (χ0) is 12.3. The Bertz CT molecular complexity index is 499. The molecule has 0 aliphatic carbocycles. The van der Waals surface area contributed by atoms with E-state index in [1.54, 1.807) is 12.4 Å². The molecule has 17 heavy (non-hydrogen) atoms. The predicted molar refractivity (Wildman–Crippen MR) is 74.7 cm³/mol. The summed E-state index contributed by atoms with van der Waals surface area (Å²) in [6.07, 6.45) is 3.46. The largest absolute Gasteiger partial charge is 0.388 e. The molecule has 1 heterocycles. The molecule has 4 heteroatoms. The van der Waals surface area contributed by atoms with Gasteiger partial charge in [0, 0.05) is 33.3 Å². The van der Waals surface area contributed by atoms with Gasteiger partial charge in [0.2, 0.25) is 0 Å². The minimum absolute atomic E-state index is 0.527. The average molecular weight is 357 g/mol. The van der Waals surface area contributed by atoms with Crippen molar-refractivity contribution in [2.24, 2.45) is 0 Å². The summed E-state index contributed by atoms with van der Waals surface area (Å²) in [5, 5.41) is 10.1. The normalized spacial score (nSPS) is 12.4. The fraction of sp³-hybridized carbons (Fsp3) is 0.154. The van der Waals surface area contributed by atoms with Gasteiger partial charge >= 0.3 is 0 Å². The molecule has 2 rings (SSSR count). The van der Waals surface area contributed by atoms with Crippen molar-refractivity contribution in [2.45, 2.75) is 12.5 Å². The van der Waals surface area contributed by atoms with Crippen molar-refractivity contribution in [2.75, 3.05) is 0 Å². The van der Waals surface area contributed by atoms with E-state index in [0.717, 1.165) is 20.1 Å². The first-order valence-electron chi connectivity index (χ1n) is 5.18.